The molecule has 1 fully saturated rings. The van der Waals surface area contributed by atoms with Crippen LogP contribution in [0.3, 0.4) is 0 Å². The van der Waals surface area contributed by atoms with Crippen molar-refractivity contribution in [2.24, 2.45) is 0 Å². The summed E-state index contributed by atoms with van der Waals surface area (Å²) < 4.78 is 5.43. The maximum atomic E-state index is 10.7. The lowest BCUT2D eigenvalue weighted by molar-refractivity contribution is -0.149. The van der Waals surface area contributed by atoms with E-state index in [1.54, 1.807) is 11.3 Å². The molecule has 100 valence electrons. The Labute approximate surface area is 111 Å². The van der Waals surface area contributed by atoms with Gasteiger partial charge in [-0.25, -0.2) is 4.79 Å². The molecule has 2 unspecified atom stereocenters. The number of carbonyl (C=O) groups is 1. The highest BCUT2D eigenvalue weighted by Crippen LogP contribution is 2.21. The van der Waals surface area contributed by atoms with Crippen molar-refractivity contribution in [3.63, 3.8) is 0 Å². The van der Waals surface area contributed by atoms with Gasteiger partial charge in [-0.3, -0.25) is 0 Å². The van der Waals surface area contributed by atoms with Crippen LogP contribution in [0.5, 0.6) is 0 Å². The molecule has 1 aliphatic heterocycles. The van der Waals surface area contributed by atoms with Gasteiger partial charge in [0.15, 0.2) is 6.10 Å². The van der Waals surface area contributed by atoms with Crippen LogP contribution in [0.15, 0.2) is 6.07 Å². The lowest BCUT2D eigenvalue weighted by Gasteiger charge is -2.11. The summed E-state index contributed by atoms with van der Waals surface area (Å²) in [4.78, 5) is 13.4. The van der Waals surface area contributed by atoms with Gasteiger partial charge in [-0.1, -0.05) is 0 Å². The van der Waals surface area contributed by atoms with Crippen molar-refractivity contribution in [3.05, 3.63) is 21.4 Å². The number of carboxylic acid groups (broad SMARTS) is 1. The van der Waals surface area contributed by atoms with Gasteiger partial charge >= 0.3 is 5.97 Å². The van der Waals surface area contributed by atoms with Gasteiger partial charge in [-0.15, -0.1) is 11.3 Å². The molecule has 2 N–H and O–H groups in total. The first kappa shape index (κ1) is 13.5. The summed E-state index contributed by atoms with van der Waals surface area (Å²) in [7, 11) is 0. The molecule has 2 rings (SSSR count). The second-order valence-electron chi connectivity index (χ2n) is 4.75. The lowest BCUT2D eigenvalue weighted by Crippen LogP contribution is -2.28. The minimum Gasteiger partial charge on any atom is -0.479 e. The van der Waals surface area contributed by atoms with Crippen molar-refractivity contribution < 1.29 is 14.6 Å². The average molecular weight is 269 g/mol. The number of rotatable bonds is 5. The van der Waals surface area contributed by atoms with Crippen LogP contribution in [0.25, 0.3) is 0 Å². The number of nitrogens with one attached hydrogen (secondary N) is 1. The molecule has 18 heavy (non-hydrogen) atoms. The van der Waals surface area contributed by atoms with Gasteiger partial charge in [-0.2, -0.15) is 0 Å². The van der Waals surface area contributed by atoms with Gasteiger partial charge in [0.1, 0.15) is 0 Å². The average Bonchev–Trinajstić information content (AvgIpc) is 2.88. The fourth-order valence-corrected chi connectivity index (χ4v) is 3.15. The summed E-state index contributed by atoms with van der Waals surface area (Å²) in [5.41, 5.74) is 1.33. The minimum absolute atomic E-state index is 0.0354. The molecule has 0 aromatic carbocycles. The maximum Gasteiger partial charge on any atom is 0.332 e. The van der Waals surface area contributed by atoms with Crippen molar-refractivity contribution >= 4 is 17.3 Å². The first-order valence-electron chi connectivity index (χ1n) is 6.21. The first-order valence-corrected chi connectivity index (χ1v) is 7.03. The molecule has 1 aromatic rings. The van der Waals surface area contributed by atoms with Crippen LogP contribution in [0.1, 0.15) is 28.2 Å². The number of aliphatic carboxylic acids is 1. The van der Waals surface area contributed by atoms with Crippen molar-refractivity contribution in [1.82, 2.24) is 5.32 Å². The minimum atomic E-state index is -0.845. The summed E-state index contributed by atoms with van der Waals surface area (Å²) >= 11 is 1.80. The summed E-state index contributed by atoms with van der Waals surface area (Å²) in [5, 5.41) is 12.2. The normalized spacial score (nSPS) is 23.4. The van der Waals surface area contributed by atoms with Gasteiger partial charge in [0.05, 0.1) is 6.10 Å². The third kappa shape index (κ3) is 3.31. The number of aryl methyl sites for hydroxylation is 2. The van der Waals surface area contributed by atoms with E-state index < -0.39 is 12.1 Å². The number of hydrogen-bond acceptors (Lipinski definition) is 4. The Balaban J connectivity index is 1.72. The fraction of sp³-hybridized carbons (Fsp3) is 0.615. The zero-order valence-electron chi connectivity index (χ0n) is 10.7. The van der Waals surface area contributed by atoms with Crippen molar-refractivity contribution in [3.8, 4) is 0 Å². The fourth-order valence-electron chi connectivity index (χ4n) is 2.13. The second-order valence-corrected chi connectivity index (χ2v) is 6.09. The Bertz CT molecular complexity index is 410. The molecular formula is C13H19NO3S. The van der Waals surface area contributed by atoms with Gasteiger partial charge in [-0.05, 0) is 38.3 Å². The van der Waals surface area contributed by atoms with Crippen LogP contribution >= 0.6 is 11.3 Å². The molecule has 0 amide bonds. The van der Waals surface area contributed by atoms with Gasteiger partial charge in [0.25, 0.3) is 0 Å². The van der Waals surface area contributed by atoms with E-state index in [1.807, 2.05) is 0 Å². The van der Waals surface area contributed by atoms with Crippen LogP contribution in [0, 0.1) is 13.8 Å². The molecule has 5 heteroatoms. The Morgan fingerprint density at radius 1 is 1.56 bits per heavy atom. The van der Waals surface area contributed by atoms with Crippen molar-refractivity contribution in [2.75, 3.05) is 6.54 Å². The summed E-state index contributed by atoms with van der Waals surface area (Å²) in [6.45, 7) is 5.80. The van der Waals surface area contributed by atoms with Crippen LogP contribution in [-0.2, 0) is 16.1 Å². The van der Waals surface area contributed by atoms with E-state index in [0.717, 1.165) is 19.5 Å². The number of carboxylic acids is 1. The highest BCUT2D eigenvalue weighted by molar-refractivity contribution is 7.12. The third-order valence-electron chi connectivity index (χ3n) is 3.27. The predicted octanol–water partition coefficient (Wildman–Crippen LogP) is 2.09. The summed E-state index contributed by atoms with van der Waals surface area (Å²) in [6.07, 6.45) is 0.877. The predicted molar refractivity (Wildman–Crippen MR) is 71.0 cm³/mol. The molecule has 0 aliphatic carbocycles. The molecule has 1 aliphatic rings. The molecule has 0 radical (unpaired) electrons. The third-order valence-corrected chi connectivity index (χ3v) is 4.42. The van der Waals surface area contributed by atoms with E-state index in [1.165, 1.54) is 15.3 Å². The van der Waals surface area contributed by atoms with E-state index in [4.69, 9.17) is 9.84 Å². The van der Waals surface area contributed by atoms with E-state index in [-0.39, 0.29) is 6.10 Å². The Morgan fingerprint density at radius 2 is 2.33 bits per heavy atom. The molecule has 0 spiro atoms. The quantitative estimate of drug-likeness (QED) is 0.859. The summed E-state index contributed by atoms with van der Waals surface area (Å²) in [6, 6.07) is 2.20. The molecule has 4 nitrogen and oxygen atoms in total. The van der Waals surface area contributed by atoms with E-state index in [0.29, 0.717) is 6.42 Å². The Morgan fingerprint density at radius 3 is 2.89 bits per heavy atom. The Kier molecular flexibility index (Phi) is 4.37. The first-order chi connectivity index (χ1) is 8.56. The standard InChI is InChI=1S/C13H19NO3S/c1-8-5-11(18-9(8)2)7-14-6-10-3-4-12(17-10)13(15)16/h5,10,12,14H,3-4,6-7H2,1-2H3,(H,15,16). The zero-order chi connectivity index (χ0) is 13.1. The molecular weight excluding hydrogens is 250 g/mol. The molecule has 1 saturated heterocycles. The van der Waals surface area contributed by atoms with Gasteiger partial charge in [0, 0.05) is 22.8 Å². The maximum absolute atomic E-state index is 10.7. The Hall–Kier alpha value is -0.910. The van der Waals surface area contributed by atoms with Crippen LogP contribution in [0.4, 0.5) is 0 Å². The molecule has 1 aromatic heterocycles. The number of ether oxygens (including phenoxy) is 1. The highest BCUT2D eigenvalue weighted by Gasteiger charge is 2.29. The topological polar surface area (TPSA) is 58.6 Å². The van der Waals surface area contributed by atoms with E-state index in [2.05, 4.69) is 25.2 Å². The highest BCUT2D eigenvalue weighted by atomic mass is 32.1. The lowest BCUT2D eigenvalue weighted by atomic mass is 10.2. The molecule has 0 saturated carbocycles. The summed E-state index contributed by atoms with van der Waals surface area (Å²) in [5.74, 6) is -0.845. The second kappa shape index (κ2) is 5.82. The van der Waals surface area contributed by atoms with Crippen LogP contribution in [0.2, 0.25) is 0 Å². The van der Waals surface area contributed by atoms with Gasteiger partial charge < -0.3 is 15.2 Å². The van der Waals surface area contributed by atoms with Crippen LogP contribution < -0.4 is 5.32 Å². The van der Waals surface area contributed by atoms with E-state index in [9.17, 15) is 4.79 Å². The number of thiophene rings is 1. The molecule has 2 heterocycles. The number of hydrogen-bond donors (Lipinski definition) is 2. The molecule has 0 bridgehead atoms. The van der Waals surface area contributed by atoms with E-state index >= 15 is 0 Å². The monoisotopic (exact) mass is 269 g/mol. The largest absolute Gasteiger partial charge is 0.479 e. The van der Waals surface area contributed by atoms with Crippen LogP contribution in [-0.4, -0.2) is 29.8 Å². The molecule has 2 atom stereocenters. The van der Waals surface area contributed by atoms with Gasteiger partial charge in [0.2, 0.25) is 0 Å². The SMILES string of the molecule is Cc1cc(CNCC2CCC(C(=O)O)O2)sc1C. The smallest absolute Gasteiger partial charge is 0.332 e. The van der Waals surface area contributed by atoms with Crippen molar-refractivity contribution in [1.29, 1.82) is 0 Å². The van der Waals surface area contributed by atoms with Crippen molar-refractivity contribution in [2.45, 2.75) is 45.4 Å². The zero-order valence-corrected chi connectivity index (χ0v) is 11.5.